The summed E-state index contributed by atoms with van der Waals surface area (Å²) in [7, 11) is 2.97. The van der Waals surface area contributed by atoms with Crippen LogP contribution in [0.4, 0.5) is 0 Å². The summed E-state index contributed by atoms with van der Waals surface area (Å²) in [5.74, 6) is 0.279. The van der Waals surface area contributed by atoms with Gasteiger partial charge in [0.2, 0.25) is 0 Å². The van der Waals surface area contributed by atoms with Crippen molar-refractivity contribution >= 4 is 23.6 Å². The Morgan fingerprint density at radius 1 is 1.42 bits per heavy atom. The SMILES string of the molecule is COc1cc(C=CC(=O)OCC#N)cc(Cl)c1OC. The molecule has 100 valence electrons. The highest BCUT2D eigenvalue weighted by molar-refractivity contribution is 6.32. The van der Waals surface area contributed by atoms with Gasteiger partial charge < -0.3 is 14.2 Å². The fourth-order valence-corrected chi connectivity index (χ4v) is 1.65. The molecule has 19 heavy (non-hydrogen) atoms. The topological polar surface area (TPSA) is 68.5 Å². The van der Waals surface area contributed by atoms with Crippen LogP contribution in [0.25, 0.3) is 6.08 Å². The zero-order valence-corrected chi connectivity index (χ0v) is 11.2. The van der Waals surface area contributed by atoms with E-state index >= 15 is 0 Å². The summed E-state index contributed by atoms with van der Waals surface area (Å²) in [6.07, 6.45) is 2.71. The molecule has 0 aliphatic rings. The van der Waals surface area contributed by atoms with Crippen LogP contribution in [-0.4, -0.2) is 26.8 Å². The molecule has 6 heteroatoms. The van der Waals surface area contributed by atoms with Crippen LogP contribution in [0.3, 0.4) is 0 Å². The molecule has 5 nitrogen and oxygen atoms in total. The normalized spacial score (nSPS) is 10.0. The molecule has 0 aromatic heterocycles. The maximum absolute atomic E-state index is 11.2. The molecule has 0 saturated carbocycles. The second-order valence-electron chi connectivity index (χ2n) is 3.34. The molecule has 1 rings (SSSR count). The first-order valence-corrected chi connectivity index (χ1v) is 5.63. The lowest BCUT2D eigenvalue weighted by molar-refractivity contribution is -0.136. The molecule has 0 heterocycles. The number of rotatable bonds is 5. The molecule has 0 aliphatic carbocycles. The first-order valence-electron chi connectivity index (χ1n) is 5.25. The summed E-state index contributed by atoms with van der Waals surface area (Å²) in [6, 6.07) is 4.99. The van der Waals surface area contributed by atoms with Gasteiger partial charge in [0.05, 0.1) is 19.2 Å². The number of carbonyl (C=O) groups excluding carboxylic acids is 1. The molecule has 0 atom stereocenters. The Hall–Kier alpha value is -2.19. The Morgan fingerprint density at radius 3 is 2.74 bits per heavy atom. The number of benzene rings is 1. The fourth-order valence-electron chi connectivity index (χ4n) is 1.35. The summed E-state index contributed by atoms with van der Waals surface area (Å²) in [4.78, 5) is 11.2. The average Bonchev–Trinajstić information content (AvgIpc) is 2.42. The van der Waals surface area contributed by atoms with Crippen LogP contribution >= 0.6 is 11.6 Å². The maximum Gasteiger partial charge on any atom is 0.331 e. The van der Waals surface area contributed by atoms with E-state index in [4.69, 9.17) is 26.3 Å². The van der Waals surface area contributed by atoms with Crippen LogP contribution in [0.1, 0.15) is 5.56 Å². The van der Waals surface area contributed by atoms with Gasteiger partial charge in [0.15, 0.2) is 18.1 Å². The van der Waals surface area contributed by atoms with Crippen LogP contribution in [0.2, 0.25) is 5.02 Å². The van der Waals surface area contributed by atoms with E-state index < -0.39 is 5.97 Å². The lowest BCUT2D eigenvalue weighted by atomic mass is 10.2. The molecule has 0 bridgehead atoms. The number of methoxy groups -OCH3 is 2. The second kappa shape index (κ2) is 7.29. The molecule has 0 aliphatic heterocycles. The molecule has 0 amide bonds. The highest BCUT2D eigenvalue weighted by atomic mass is 35.5. The number of hydrogen-bond acceptors (Lipinski definition) is 5. The minimum absolute atomic E-state index is 0.282. The largest absolute Gasteiger partial charge is 0.493 e. The summed E-state index contributed by atoms with van der Waals surface area (Å²) in [5, 5.41) is 8.63. The van der Waals surface area contributed by atoms with Gasteiger partial charge in [-0.3, -0.25) is 0 Å². The minimum atomic E-state index is -0.604. The van der Waals surface area contributed by atoms with Gasteiger partial charge in [-0.1, -0.05) is 11.6 Å². The molecule has 1 aromatic rings. The molecule has 0 fully saturated rings. The first kappa shape index (κ1) is 14.9. The number of esters is 1. The van der Waals surface area contributed by atoms with Crippen LogP contribution in [0.5, 0.6) is 11.5 Å². The highest BCUT2D eigenvalue weighted by Gasteiger charge is 2.09. The van der Waals surface area contributed by atoms with E-state index in [1.54, 1.807) is 18.2 Å². The van der Waals surface area contributed by atoms with E-state index in [0.717, 1.165) is 0 Å². The van der Waals surface area contributed by atoms with Gasteiger partial charge in [-0.15, -0.1) is 0 Å². The Bertz CT molecular complexity index is 534. The third-order valence-electron chi connectivity index (χ3n) is 2.15. The highest BCUT2D eigenvalue weighted by Crippen LogP contribution is 2.36. The van der Waals surface area contributed by atoms with Crippen molar-refractivity contribution in [3.8, 4) is 17.6 Å². The molecule has 0 unspecified atom stereocenters. The lowest BCUT2D eigenvalue weighted by Gasteiger charge is -2.10. The van der Waals surface area contributed by atoms with Crippen molar-refractivity contribution in [2.24, 2.45) is 0 Å². The monoisotopic (exact) mass is 281 g/mol. The van der Waals surface area contributed by atoms with Crippen molar-refractivity contribution < 1.29 is 19.0 Å². The maximum atomic E-state index is 11.2. The second-order valence-corrected chi connectivity index (χ2v) is 3.74. The van der Waals surface area contributed by atoms with E-state index in [1.165, 1.54) is 26.4 Å². The number of hydrogen-bond donors (Lipinski definition) is 0. The molecule has 0 spiro atoms. The summed E-state index contributed by atoms with van der Waals surface area (Å²) >= 11 is 6.01. The Balaban J connectivity index is 2.91. The molecule has 1 aromatic carbocycles. The number of nitrogens with zero attached hydrogens (tertiary/aromatic N) is 1. The van der Waals surface area contributed by atoms with Gasteiger partial charge in [-0.05, 0) is 23.8 Å². The third-order valence-corrected chi connectivity index (χ3v) is 2.43. The lowest BCUT2D eigenvalue weighted by Crippen LogP contribution is -2.00. The van der Waals surface area contributed by atoms with Gasteiger partial charge in [-0.2, -0.15) is 5.26 Å². The molecule has 0 radical (unpaired) electrons. The Kier molecular flexibility index (Phi) is 5.71. The van der Waals surface area contributed by atoms with E-state index in [1.807, 2.05) is 0 Å². The van der Waals surface area contributed by atoms with Crippen molar-refractivity contribution in [1.82, 2.24) is 0 Å². The Labute approximate surface area is 115 Å². The predicted molar refractivity (Wildman–Crippen MR) is 70.2 cm³/mol. The van der Waals surface area contributed by atoms with Gasteiger partial charge in [0, 0.05) is 6.08 Å². The van der Waals surface area contributed by atoms with Crippen LogP contribution in [0, 0.1) is 11.3 Å². The number of halogens is 1. The Morgan fingerprint density at radius 2 is 2.16 bits per heavy atom. The van der Waals surface area contributed by atoms with Crippen molar-refractivity contribution in [3.63, 3.8) is 0 Å². The van der Waals surface area contributed by atoms with E-state index in [9.17, 15) is 4.79 Å². The smallest absolute Gasteiger partial charge is 0.331 e. The minimum Gasteiger partial charge on any atom is -0.493 e. The van der Waals surface area contributed by atoms with Gasteiger partial charge >= 0.3 is 5.97 Å². The van der Waals surface area contributed by atoms with Crippen LogP contribution in [-0.2, 0) is 9.53 Å². The van der Waals surface area contributed by atoms with Crippen molar-refractivity contribution in [1.29, 1.82) is 5.26 Å². The van der Waals surface area contributed by atoms with Gasteiger partial charge in [0.1, 0.15) is 6.07 Å². The summed E-state index contributed by atoms with van der Waals surface area (Å²) in [6.45, 7) is -0.282. The zero-order chi connectivity index (χ0) is 14.3. The van der Waals surface area contributed by atoms with Crippen molar-refractivity contribution in [2.75, 3.05) is 20.8 Å². The molecule has 0 N–H and O–H groups in total. The molecular formula is C13H12ClNO4. The third kappa shape index (κ3) is 4.19. The number of carbonyl (C=O) groups is 1. The summed E-state index contributed by atoms with van der Waals surface area (Å²) < 4.78 is 14.8. The van der Waals surface area contributed by atoms with E-state index in [-0.39, 0.29) is 6.61 Å². The quantitative estimate of drug-likeness (QED) is 0.612. The number of ether oxygens (including phenoxy) is 3. The molecular weight excluding hydrogens is 270 g/mol. The fraction of sp³-hybridized carbons (Fsp3) is 0.231. The van der Waals surface area contributed by atoms with Gasteiger partial charge in [-0.25, -0.2) is 4.79 Å². The van der Waals surface area contributed by atoms with Crippen LogP contribution < -0.4 is 9.47 Å². The zero-order valence-electron chi connectivity index (χ0n) is 10.5. The van der Waals surface area contributed by atoms with Crippen molar-refractivity contribution in [3.05, 3.63) is 28.8 Å². The first-order chi connectivity index (χ1) is 9.12. The van der Waals surface area contributed by atoms with E-state index in [2.05, 4.69) is 4.74 Å². The molecule has 0 saturated heterocycles. The van der Waals surface area contributed by atoms with Gasteiger partial charge in [0.25, 0.3) is 0 Å². The van der Waals surface area contributed by atoms with Crippen molar-refractivity contribution in [2.45, 2.75) is 0 Å². The average molecular weight is 282 g/mol. The predicted octanol–water partition coefficient (Wildman–Crippen LogP) is 2.44. The number of nitriles is 1. The van der Waals surface area contributed by atoms with Crippen LogP contribution in [0.15, 0.2) is 18.2 Å². The van der Waals surface area contributed by atoms with E-state index in [0.29, 0.717) is 22.1 Å². The standard InChI is InChI=1S/C13H12ClNO4/c1-17-11-8-9(7-10(14)13(11)18-2)3-4-12(16)19-6-5-15/h3-4,7-8H,6H2,1-2H3. The summed E-state index contributed by atoms with van der Waals surface area (Å²) in [5.41, 5.74) is 0.650.